The van der Waals surface area contributed by atoms with Gasteiger partial charge in [-0.3, -0.25) is 0 Å². The molecule has 0 saturated heterocycles. The number of aromatic hydroxyl groups is 1. The van der Waals surface area contributed by atoms with Crippen LogP contribution < -0.4 is 0 Å². The number of aromatic nitrogens is 2. The number of aryl methyl sites for hydroxylation is 2. The molecule has 18 heavy (non-hydrogen) atoms. The van der Waals surface area contributed by atoms with Crippen molar-refractivity contribution in [2.24, 2.45) is 0 Å². The summed E-state index contributed by atoms with van der Waals surface area (Å²) in [4.78, 5) is 7.58. The third-order valence-corrected chi connectivity index (χ3v) is 3.83. The highest BCUT2D eigenvalue weighted by Crippen LogP contribution is 2.36. The number of hydrogen-bond acceptors (Lipinski definition) is 2. The Hall–Kier alpha value is -1.77. The second-order valence-electron chi connectivity index (χ2n) is 4.92. The standard InChI is InChI=1S/C15H18N2O/c1-2-13-15(18)17-14(16-13)12-9-5-7-10-6-3-4-8-11(10)12/h3-4,6,8,12,18H,2,5,7,9H2,1H3,(H,16,17). The van der Waals surface area contributed by atoms with Gasteiger partial charge in [-0.25, -0.2) is 0 Å². The molecule has 0 radical (unpaired) electrons. The summed E-state index contributed by atoms with van der Waals surface area (Å²) < 4.78 is 0. The van der Waals surface area contributed by atoms with Crippen LogP contribution in [0.15, 0.2) is 24.3 Å². The van der Waals surface area contributed by atoms with E-state index in [1.165, 1.54) is 17.5 Å². The molecule has 0 saturated carbocycles. The number of imidazole rings is 1. The van der Waals surface area contributed by atoms with E-state index in [0.29, 0.717) is 5.92 Å². The Morgan fingerprint density at radius 3 is 3.00 bits per heavy atom. The Labute approximate surface area is 107 Å². The molecule has 3 rings (SSSR count). The van der Waals surface area contributed by atoms with Gasteiger partial charge < -0.3 is 10.1 Å². The Bertz CT molecular complexity index is 559. The molecular weight excluding hydrogens is 224 g/mol. The summed E-state index contributed by atoms with van der Waals surface area (Å²) in [7, 11) is 0. The molecule has 0 fully saturated rings. The topological polar surface area (TPSA) is 48.9 Å². The van der Waals surface area contributed by atoms with Gasteiger partial charge in [0.25, 0.3) is 0 Å². The van der Waals surface area contributed by atoms with Crippen LogP contribution in [0.4, 0.5) is 0 Å². The molecule has 3 nitrogen and oxygen atoms in total. The summed E-state index contributed by atoms with van der Waals surface area (Å²) in [6.45, 7) is 2.02. The summed E-state index contributed by atoms with van der Waals surface area (Å²) in [5, 5.41) is 9.77. The zero-order valence-electron chi connectivity index (χ0n) is 10.6. The van der Waals surface area contributed by atoms with Crippen molar-refractivity contribution in [3.63, 3.8) is 0 Å². The highest BCUT2D eigenvalue weighted by molar-refractivity contribution is 5.37. The lowest BCUT2D eigenvalue weighted by Crippen LogP contribution is -2.12. The predicted octanol–water partition coefficient (Wildman–Crippen LogP) is 3.15. The fourth-order valence-electron chi connectivity index (χ4n) is 2.87. The molecule has 94 valence electrons. The van der Waals surface area contributed by atoms with Gasteiger partial charge in [-0.05, 0) is 36.8 Å². The zero-order valence-corrected chi connectivity index (χ0v) is 10.6. The maximum absolute atomic E-state index is 9.77. The van der Waals surface area contributed by atoms with Crippen LogP contribution >= 0.6 is 0 Å². The average Bonchev–Trinajstić information content (AvgIpc) is 2.79. The first-order valence-corrected chi connectivity index (χ1v) is 6.65. The molecule has 1 heterocycles. The summed E-state index contributed by atoms with van der Waals surface area (Å²) in [6.07, 6.45) is 4.23. The SMILES string of the molecule is CCc1[nH]c(C2CCCc3ccccc32)nc1O. The number of nitrogens with zero attached hydrogens (tertiary/aromatic N) is 1. The maximum Gasteiger partial charge on any atom is 0.232 e. The quantitative estimate of drug-likeness (QED) is 0.850. The first-order chi connectivity index (χ1) is 8.79. The van der Waals surface area contributed by atoms with E-state index in [1.54, 1.807) is 0 Å². The maximum atomic E-state index is 9.77. The predicted molar refractivity (Wildman–Crippen MR) is 70.9 cm³/mol. The van der Waals surface area contributed by atoms with Crippen LogP contribution in [0.25, 0.3) is 0 Å². The van der Waals surface area contributed by atoms with E-state index in [2.05, 4.69) is 34.2 Å². The molecule has 0 spiro atoms. The number of fused-ring (bicyclic) bond motifs is 1. The monoisotopic (exact) mass is 242 g/mol. The molecule has 0 aliphatic heterocycles. The van der Waals surface area contributed by atoms with Crippen molar-refractivity contribution in [3.05, 3.63) is 46.9 Å². The summed E-state index contributed by atoms with van der Waals surface area (Å²) in [5.74, 6) is 1.38. The third kappa shape index (κ3) is 1.80. The summed E-state index contributed by atoms with van der Waals surface area (Å²) in [5.41, 5.74) is 3.62. The molecule has 3 heteroatoms. The number of H-pyrrole nitrogens is 1. The van der Waals surface area contributed by atoms with Crippen LogP contribution in [-0.4, -0.2) is 15.1 Å². The molecular formula is C15H18N2O. The molecule has 1 unspecified atom stereocenters. The van der Waals surface area contributed by atoms with Gasteiger partial charge >= 0.3 is 0 Å². The fourth-order valence-corrected chi connectivity index (χ4v) is 2.87. The van der Waals surface area contributed by atoms with Crippen molar-refractivity contribution in [1.82, 2.24) is 9.97 Å². The molecule has 0 bridgehead atoms. The van der Waals surface area contributed by atoms with Crippen LogP contribution in [0.1, 0.15) is 48.3 Å². The lowest BCUT2D eigenvalue weighted by atomic mass is 9.82. The van der Waals surface area contributed by atoms with Gasteiger partial charge in [-0.1, -0.05) is 31.2 Å². The fraction of sp³-hybridized carbons (Fsp3) is 0.400. The Morgan fingerprint density at radius 2 is 2.22 bits per heavy atom. The van der Waals surface area contributed by atoms with Crippen molar-refractivity contribution in [2.45, 2.75) is 38.5 Å². The smallest absolute Gasteiger partial charge is 0.232 e. The van der Waals surface area contributed by atoms with Crippen molar-refractivity contribution < 1.29 is 5.11 Å². The van der Waals surface area contributed by atoms with Crippen LogP contribution in [-0.2, 0) is 12.8 Å². The Balaban J connectivity index is 2.02. The molecule has 1 atom stereocenters. The molecule has 0 amide bonds. The van der Waals surface area contributed by atoms with Crippen LogP contribution in [0, 0.1) is 0 Å². The zero-order chi connectivity index (χ0) is 12.5. The molecule has 1 aromatic heterocycles. The first kappa shape index (κ1) is 11.3. The van der Waals surface area contributed by atoms with E-state index in [1.807, 2.05) is 6.92 Å². The largest absolute Gasteiger partial charge is 0.492 e. The number of hydrogen-bond donors (Lipinski definition) is 2. The Morgan fingerprint density at radius 1 is 1.39 bits per heavy atom. The van der Waals surface area contributed by atoms with Gasteiger partial charge in [0.15, 0.2) is 0 Å². The minimum atomic E-state index is 0.163. The number of nitrogens with one attached hydrogen (secondary N) is 1. The van der Waals surface area contributed by atoms with Crippen molar-refractivity contribution in [3.8, 4) is 5.88 Å². The van der Waals surface area contributed by atoms with E-state index >= 15 is 0 Å². The highest BCUT2D eigenvalue weighted by atomic mass is 16.3. The molecule has 2 N–H and O–H groups in total. The van der Waals surface area contributed by atoms with E-state index in [9.17, 15) is 5.11 Å². The van der Waals surface area contributed by atoms with Gasteiger partial charge in [0.05, 0.1) is 5.69 Å². The van der Waals surface area contributed by atoms with E-state index in [0.717, 1.165) is 30.8 Å². The molecule has 1 aromatic carbocycles. The second-order valence-corrected chi connectivity index (χ2v) is 4.92. The highest BCUT2D eigenvalue weighted by Gasteiger charge is 2.24. The van der Waals surface area contributed by atoms with Crippen molar-refractivity contribution in [1.29, 1.82) is 0 Å². The van der Waals surface area contributed by atoms with Gasteiger partial charge in [0, 0.05) is 5.92 Å². The van der Waals surface area contributed by atoms with Crippen LogP contribution in [0.3, 0.4) is 0 Å². The average molecular weight is 242 g/mol. The molecule has 1 aliphatic rings. The third-order valence-electron chi connectivity index (χ3n) is 3.83. The van der Waals surface area contributed by atoms with Crippen molar-refractivity contribution in [2.75, 3.05) is 0 Å². The van der Waals surface area contributed by atoms with E-state index in [4.69, 9.17) is 0 Å². The number of rotatable bonds is 2. The van der Waals surface area contributed by atoms with Gasteiger partial charge in [0.2, 0.25) is 5.88 Å². The Kier molecular flexibility index (Phi) is 2.82. The normalized spacial score (nSPS) is 18.6. The van der Waals surface area contributed by atoms with E-state index in [-0.39, 0.29) is 5.88 Å². The molecule has 1 aliphatic carbocycles. The number of aromatic amines is 1. The number of benzene rings is 1. The van der Waals surface area contributed by atoms with Crippen LogP contribution in [0.5, 0.6) is 5.88 Å². The minimum absolute atomic E-state index is 0.163. The minimum Gasteiger partial charge on any atom is -0.492 e. The summed E-state index contributed by atoms with van der Waals surface area (Å²) >= 11 is 0. The van der Waals surface area contributed by atoms with Crippen molar-refractivity contribution >= 4 is 0 Å². The summed E-state index contributed by atoms with van der Waals surface area (Å²) in [6, 6.07) is 8.56. The first-order valence-electron chi connectivity index (χ1n) is 6.65. The molecule has 2 aromatic rings. The lowest BCUT2D eigenvalue weighted by molar-refractivity contribution is 0.448. The van der Waals surface area contributed by atoms with Gasteiger partial charge in [0.1, 0.15) is 5.82 Å². The van der Waals surface area contributed by atoms with Gasteiger partial charge in [-0.15, -0.1) is 0 Å². The second kappa shape index (κ2) is 4.48. The van der Waals surface area contributed by atoms with Gasteiger partial charge in [-0.2, -0.15) is 4.98 Å². The van der Waals surface area contributed by atoms with E-state index < -0.39 is 0 Å². The lowest BCUT2D eigenvalue weighted by Gasteiger charge is -2.23. The van der Waals surface area contributed by atoms with Crippen LogP contribution in [0.2, 0.25) is 0 Å².